The molecule has 0 fully saturated rings. The number of anilines is 1. The Kier molecular flexibility index (Phi) is 6.46. The number of nitrogens with zero attached hydrogens (tertiary/aromatic N) is 2. The Labute approximate surface area is 164 Å². The molecule has 6 heteroatoms. The summed E-state index contributed by atoms with van der Waals surface area (Å²) < 4.78 is 12.8. The largest absolute Gasteiger partial charge is 0.493 e. The highest BCUT2D eigenvalue weighted by Crippen LogP contribution is 2.28. The van der Waals surface area contributed by atoms with Gasteiger partial charge in [0.2, 0.25) is 0 Å². The SMILES string of the molecule is C/C=C/c1ccc(OCC(=O)Nc2ccccc2Cn2cccn2)c(OC)c1. The molecule has 0 bridgehead atoms. The lowest BCUT2D eigenvalue weighted by molar-refractivity contribution is -0.118. The van der Waals surface area contributed by atoms with Crippen LogP contribution in [-0.4, -0.2) is 29.4 Å². The number of ether oxygens (including phenoxy) is 2. The molecule has 1 heterocycles. The first-order valence-electron chi connectivity index (χ1n) is 8.98. The molecule has 6 nitrogen and oxygen atoms in total. The molecule has 3 rings (SSSR count). The topological polar surface area (TPSA) is 65.4 Å². The lowest BCUT2D eigenvalue weighted by Crippen LogP contribution is -2.21. The smallest absolute Gasteiger partial charge is 0.262 e. The van der Waals surface area contributed by atoms with Gasteiger partial charge in [-0.1, -0.05) is 36.4 Å². The number of carbonyl (C=O) groups excluding carboxylic acids is 1. The monoisotopic (exact) mass is 377 g/mol. The van der Waals surface area contributed by atoms with Crippen LogP contribution < -0.4 is 14.8 Å². The van der Waals surface area contributed by atoms with Gasteiger partial charge in [-0.05, 0) is 42.3 Å². The average Bonchev–Trinajstić information content (AvgIpc) is 3.22. The predicted octanol–water partition coefficient (Wildman–Crippen LogP) is 3.99. The maximum Gasteiger partial charge on any atom is 0.262 e. The van der Waals surface area contributed by atoms with Gasteiger partial charge in [0.15, 0.2) is 18.1 Å². The Morgan fingerprint density at radius 2 is 2.04 bits per heavy atom. The second kappa shape index (κ2) is 9.41. The van der Waals surface area contributed by atoms with Crippen molar-refractivity contribution in [1.82, 2.24) is 9.78 Å². The van der Waals surface area contributed by atoms with Crippen molar-refractivity contribution in [1.29, 1.82) is 0 Å². The summed E-state index contributed by atoms with van der Waals surface area (Å²) in [6, 6.07) is 15.1. The van der Waals surface area contributed by atoms with E-state index in [4.69, 9.17) is 9.47 Å². The highest BCUT2D eigenvalue weighted by molar-refractivity contribution is 5.92. The number of nitrogens with one attached hydrogen (secondary N) is 1. The molecule has 0 aliphatic heterocycles. The highest BCUT2D eigenvalue weighted by Gasteiger charge is 2.10. The van der Waals surface area contributed by atoms with Crippen molar-refractivity contribution in [3.63, 3.8) is 0 Å². The van der Waals surface area contributed by atoms with Gasteiger partial charge in [-0.25, -0.2) is 0 Å². The summed E-state index contributed by atoms with van der Waals surface area (Å²) >= 11 is 0. The first-order chi connectivity index (χ1) is 13.7. The van der Waals surface area contributed by atoms with Gasteiger partial charge in [-0.3, -0.25) is 9.48 Å². The van der Waals surface area contributed by atoms with Crippen LogP contribution in [0.3, 0.4) is 0 Å². The molecule has 3 aromatic rings. The summed E-state index contributed by atoms with van der Waals surface area (Å²) in [5, 5.41) is 7.11. The zero-order valence-electron chi connectivity index (χ0n) is 16.0. The zero-order chi connectivity index (χ0) is 19.8. The van der Waals surface area contributed by atoms with Gasteiger partial charge in [-0.15, -0.1) is 0 Å². The molecule has 144 valence electrons. The van der Waals surface area contributed by atoms with Crippen LogP contribution in [0.15, 0.2) is 67.0 Å². The normalized spacial score (nSPS) is 10.8. The Balaban J connectivity index is 1.64. The number of carbonyl (C=O) groups is 1. The third kappa shape index (κ3) is 5.01. The third-order valence-electron chi connectivity index (χ3n) is 4.09. The van der Waals surface area contributed by atoms with Crippen molar-refractivity contribution in [2.75, 3.05) is 19.0 Å². The van der Waals surface area contributed by atoms with E-state index in [2.05, 4.69) is 10.4 Å². The van der Waals surface area contributed by atoms with E-state index in [1.807, 2.05) is 67.7 Å². The number of hydrogen-bond donors (Lipinski definition) is 1. The minimum atomic E-state index is -0.243. The standard InChI is InChI=1S/C22H23N3O3/c1-3-7-17-10-11-20(21(14-17)27-2)28-16-22(26)24-19-9-5-4-8-18(19)15-25-13-6-12-23-25/h3-14H,15-16H2,1-2H3,(H,24,26)/b7-3+. The maximum atomic E-state index is 12.4. The van der Waals surface area contributed by atoms with E-state index in [0.29, 0.717) is 18.0 Å². The number of hydrogen-bond acceptors (Lipinski definition) is 4. The van der Waals surface area contributed by atoms with Crippen LogP contribution in [-0.2, 0) is 11.3 Å². The molecule has 0 spiro atoms. The molecular weight excluding hydrogens is 354 g/mol. The molecule has 28 heavy (non-hydrogen) atoms. The summed E-state index contributed by atoms with van der Waals surface area (Å²) in [5.74, 6) is 0.866. The van der Waals surface area contributed by atoms with E-state index < -0.39 is 0 Å². The van der Waals surface area contributed by atoms with Crippen molar-refractivity contribution in [3.8, 4) is 11.5 Å². The Hall–Kier alpha value is -3.54. The van der Waals surface area contributed by atoms with Crippen molar-refractivity contribution < 1.29 is 14.3 Å². The van der Waals surface area contributed by atoms with E-state index in [1.54, 1.807) is 24.1 Å². The fraction of sp³-hybridized carbons (Fsp3) is 0.182. The minimum Gasteiger partial charge on any atom is -0.493 e. The number of amides is 1. The van der Waals surface area contributed by atoms with Gasteiger partial charge < -0.3 is 14.8 Å². The second-order valence-electron chi connectivity index (χ2n) is 6.11. The molecule has 0 saturated heterocycles. The van der Waals surface area contributed by atoms with Crippen molar-refractivity contribution in [3.05, 3.63) is 78.1 Å². The van der Waals surface area contributed by atoms with Crippen LogP contribution in [0.25, 0.3) is 6.08 Å². The molecule has 0 aliphatic carbocycles. The summed E-state index contributed by atoms with van der Waals surface area (Å²) in [7, 11) is 1.58. The fourth-order valence-corrected chi connectivity index (χ4v) is 2.78. The predicted molar refractivity (Wildman–Crippen MR) is 110 cm³/mol. The Bertz CT molecular complexity index is 949. The molecule has 0 radical (unpaired) electrons. The molecule has 1 amide bonds. The Morgan fingerprint density at radius 1 is 1.18 bits per heavy atom. The highest BCUT2D eigenvalue weighted by atomic mass is 16.5. The molecule has 1 N–H and O–H groups in total. The number of aromatic nitrogens is 2. The molecule has 1 aromatic heterocycles. The summed E-state index contributed by atoms with van der Waals surface area (Å²) in [4.78, 5) is 12.4. The van der Waals surface area contributed by atoms with Crippen molar-refractivity contribution in [2.45, 2.75) is 13.5 Å². The zero-order valence-corrected chi connectivity index (χ0v) is 16.0. The molecule has 0 unspecified atom stereocenters. The van der Waals surface area contributed by atoms with Crippen molar-refractivity contribution >= 4 is 17.7 Å². The number of allylic oxidation sites excluding steroid dienone is 1. The number of para-hydroxylation sites is 1. The van der Waals surface area contributed by atoms with Crippen LogP contribution in [0.1, 0.15) is 18.1 Å². The maximum absolute atomic E-state index is 12.4. The van der Waals surface area contributed by atoms with Gasteiger partial charge in [0, 0.05) is 18.1 Å². The van der Waals surface area contributed by atoms with Crippen LogP contribution in [0.5, 0.6) is 11.5 Å². The molecular formula is C22H23N3O3. The number of rotatable bonds is 8. The van der Waals surface area contributed by atoms with E-state index >= 15 is 0 Å². The van der Waals surface area contributed by atoms with Gasteiger partial charge in [-0.2, -0.15) is 5.10 Å². The lowest BCUT2D eigenvalue weighted by Gasteiger charge is -2.13. The minimum absolute atomic E-state index is 0.116. The first-order valence-corrected chi connectivity index (χ1v) is 8.98. The van der Waals surface area contributed by atoms with Crippen molar-refractivity contribution in [2.24, 2.45) is 0 Å². The fourth-order valence-electron chi connectivity index (χ4n) is 2.78. The molecule has 0 atom stereocenters. The quantitative estimate of drug-likeness (QED) is 0.645. The second-order valence-corrected chi connectivity index (χ2v) is 6.11. The lowest BCUT2D eigenvalue weighted by atomic mass is 10.1. The molecule has 0 aliphatic rings. The van der Waals surface area contributed by atoms with Gasteiger partial charge in [0.05, 0.1) is 13.7 Å². The number of benzene rings is 2. The van der Waals surface area contributed by atoms with Gasteiger partial charge in [0.1, 0.15) is 0 Å². The third-order valence-corrected chi connectivity index (χ3v) is 4.09. The summed E-state index contributed by atoms with van der Waals surface area (Å²) in [5.41, 5.74) is 2.71. The van der Waals surface area contributed by atoms with E-state index in [9.17, 15) is 4.79 Å². The van der Waals surface area contributed by atoms with E-state index in [1.165, 1.54) is 0 Å². The number of methoxy groups -OCH3 is 1. The summed E-state index contributed by atoms with van der Waals surface area (Å²) in [6.45, 7) is 2.41. The van der Waals surface area contributed by atoms with Crippen LogP contribution >= 0.6 is 0 Å². The van der Waals surface area contributed by atoms with Crippen LogP contribution in [0.2, 0.25) is 0 Å². The van der Waals surface area contributed by atoms with Gasteiger partial charge in [0.25, 0.3) is 5.91 Å². The van der Waals surface area contributed by atoms with E-state index in [-0.39, 0.29) is 12.5 Å². The van der Waals surface area contributed by atoms with Gasteiger partial charge >= 0.3 is 0 Å². The molecule has 2 aromatic carbocycles. The van der Waals surface area contributed by atoms with Crippen LogP contribution in [0, 0.1) is 0 Å². The molecule has 0 saturated carbocycles. The summed E-state index contributed by atoms with van der Waals surface area (Å²) in [6.07, 6.45) is 7.52. The Morgan fingerprint density at radius 3 is 2.79 bits per heavy atom. The van der Waals surface area contributed by atoms with E-state index in [0.717, 1.165) is 16.8 Å². The van der Waals surface area contributed by atoms with Crippen LogP contribution in [0.4, 0.5) is 5.69 Å². The first kappa shape index (κ1) is 19.2. The average molecular weight is 377 g/mol.